The van der Waals surface area contributed by atoms with E-state index in [0.717, 1.165) is 21.0 Å². The zero-order valence-corrected chi connectivity index (χ0v) is 12.9. The number of fused-ring (bicyclic) bond motifs is 1. The number of benzene rings is 2. The summed E-state index contributed by atoms with van der Waals surface area (Å²) in [5, 5.41) is 11.9. The Kier molecular flexibility index (Phi) is 3.83. The first-order valence-electron chi connectivity index (χ1n) is 6.24. The van der Waals surface area contributed by atoms with Crippen molar-refractivity contribution in [2.45, 2.75) is 12.5 Å². The van der Waals surface area contributed by atoms with Crippen LogP contribution in [-0.2, 0) is 6.42 Å². The highest BCUT2D eigenvalue weighted by atomic mass is 79.9. The molecule has 1 atom stereocenters. The van der Waals surface area contributed by atoms with Gasteiger partial charge in [-0.3, -0.25) is 0 Å². The topological polar surface area (TPSA) is 33.4 Å². The van der Waals surface area contributed by atoms with Crippen LogP contribution in [0.5, 0.6) is 0 Å². The summed E-state index contributed by atoms with van der Waals surface area (Å²) < 4.78 is 6.61. The molecule has 0 spiro atoms. The van der Waals surface area contributed by atoms with Gasteiger partial charge in [-0.15, -0.1) is 0 Å². The largest absolute Gasteiger partial charge is 0.457 e. The van der Waals surface area contributed by atoms with Gasteiger partial charge in [-0.25, -0.2) is 0 Å². The molecule has 0 saturated carbocycles. The molecule has 0 aliphatic rings. The normalized spacial score (nSPS) is 12.8. The molecule has 0 radical (unpaired) electrons. The van der Waals surface area contributed by atoms with Gasteiger partial charge in [0.15, 0.2) is 0 Å². The van der Waals surface area contributed by atoms with E-state index in [4.69, 9.17) is 16.0 Å². The van der Waals surface area contributed by atoms with E-state index in [9.17, 15) is 5.11 Å². The summed E-state index contributed by atoms with van der Waals surface area (Å²) in [6, 6.07) is 15.2. The molecule has 1 heterocycles. The number of hydrogen-bond donors (Lipinski definition) is 1. The van der Waals surface area contributed by atoms with Gasteiger partial charge < -0.3 is 9.52 Å². The molecular weight excluding hydrogens is 340 g/mol. The van der Waals surface area contributed by atoms with Gasteiger partial charge in [0, 0.05) is 16.8 Å². The molecule has 20 heavy (non-hydrogen) atoms. The summed E-state index contributed by atoms with van der Waals surface area (Å²) in [7, 11) is 0. The van der Waals surface area contributed by atoms with Crippen LogP contribution in [0.1, 0.15) is 17.4 Å². The lowest BCUT2D eigenvalue weighted by Crippen LogP contribution is -2.00. The minimum atomic E-state index is -0.714. The smallest absolute Gasteiger partial charge is 0.148 e. The molecule has 0 fully saturated rings. The average molecular weight is 352 g/mol. The standard InChI is InChI=1S/C16H12BrClO2/c17-12-6-3-5-11-9-15(20-16(11)12)14(19)8-10-4-1-2-7-13(10)18/h1-7,9,14,19H,8H2. The Morgan fingerprint density at radius 2 is 1.95 bits per heavy atom. The Bertz CT molecular complexity index is 751. The van der Waals surface area contributed by atoms with Gasteiger partial charge in [-0.1, -0.05) is 41.9 Å². The number of furan rings is 1. The van der Waals surface area contributed by atoms with Crippen LogP contribution in [0.2, 0.25) is 5.02 Å². The van der Waals surface area contributed by atoms with Crippen molar-refractivity contribution in [1.29, 1.82) is 0 Å². The Labute approximate surface area is 130 Å². The highest BCUT2D eigenvalue weighted by Gasteiger charge is 2.16. The fourth-order valence-electron chi connectivity index (χ4n) is 2.18. The molecule has 3 rings (SSSR count). The molecule has 0 aliphatic heterocycles. The van der Waals surface area contributed by atoms with Crippen LogP contribution in [0.3, 0.4) is 0 Å². The maximum absolute atomic E-state index is 10.3. The highest BCUT2D eigenvalue weighted by Crippen LogP contribution is 2.31. The fourth-order valence-corrected chi connectivity index (χ4v) is 2.86. The van der Waals surface area contributed by atoms with Gasteiger partial charge in [0.25, 0.3) is 0 Å². The number of hydrogen-bond acceptors (Lipinski definition) is 2. The Balaban J connectivity index is 1.91. The van der Waals surface area contributed by atoms with E-state index in [0.29, 0.717) is 17.2 Å². The number of aliphatic hydroxyl groups excluding tert-OH is 1. The maximum Gasteiger partial charge on any atom is 0.148 e. The average Bonchev–Trinajstić information content (AvgIpc) is 2.87. The van der Waals surface area contributed by atoms with E-state index in [1.165, 1.54) is 0 Å². The first-order chi connectivity index (χ1) is 9.65. The quantitative estimate of drug-likeness (QED) is 0.710. The Morgan fingerprint density at radius 3 is 2.70 bits per heavy atom. The van der Waals surface area contributed by atoms with Crippen LogP contribution in [0.15, 0.2) is 57.4 Å². The van der Waals surface area contributed by atoms with Gasteiger partial charge >= 0.3 is 0 Å². The summed E-state index contributed by atoms with van der Waals surface area (Å²) in [4.78, 5) is 0. The molecule has 0 bridgehead atoms. The summed E-state index contributed by atoms with van der Waals surface area (Å²) >= 11 is 9.55. The molecule has 0 amide bonds. The lowest BCUT2D eigenvalue weighted by Gasteiger charge is -2.08. The minimum absolute atomic E-state index is 0.428. The van der Waals surface area contributed by atoms with E-state index >= 15 is 0 Å². The molecule has 3 aromatic rings. The van der Waals surface area contributed by atoms with Crippen LogP contribution < -0.4 is 0 Å². The van der Waals surface area contributed by atoms with E-state index in [-0.39, 0.29) is 0 Å². The predicted molar refractivity (Wildman–Crippen MR) is 84.0 cm³/mol. The van der Waals surface area contributed by atoms with Crippen LogP contribution in [0, 0.1) is 0 Å². The van der Waals surface area contributed by atoms with Crippen molar-refractivity contribution < 1.29 is 9.52 Å². The SMILES string of the molecule is OC(Cc1ccccc1Cl)c1cc2cccc(Br)c2o1. The molecule has 2 aromatic carbocycles. The molecule has 4 heteroatoms. The molecule has 1 unspecified atom stereocenters. The van der Waals surface area contributed by atoms with Gasteiger partial charge in [-0.05, 0) is 39.7 Å². The van der Waals surface area contributed by atoms with E-state index < -0.39 is 6.10 Å². The summed E-state index contributed by atoms with van der Waals surface area (Å²) in [5.74, 6) is 0.548. The van der Waals surface area contributed by atoms with Crippen molar-refractivity contribution in [1.82, 2.24) is 0 Å². The van der Waals surface area contributed by atoms with Gasteiger partial charge in [0.2, 0.25) is 0 Å². The van der Waals surface area contributed by atoms with Gasteiger partial charge in [0.1, 0.15) is 17.4 Å². The third-order valence-electron chi connectivity index (χ3n) is 3.21. The van der Waals surface area contributed by atoms with Crippen molar-refractivity contribution in [3.05, 3.63) is 69.3 Å². The summed E-state index contributed by atoms with van der Waals surface area (Å²) in [6.45, 7) is 0. The molecular formula is C16H12BrClO2. The van der Waals surface area contributed by atoms with Crippen molar-refractivity contribution in [3.8, 4) is 0 Å². The third-order valence-corrected chi connectivity index (χ3v) is 4.21. The monoisotopic (exact) mass is 350 g/mol. The van der Waals surface area contributed by atoms with E-state index in [1.54, 1.807) is 0 Å². The van der Waals surface area contributed by atoms with Crippen molar-refractivity contribution in [3.63, 3.8) is 0 Å². The first-order valence-corrected chi connectivity index (χ1v) is 7.41. The zero-order valence-electron chi connectivity index (χ0n) is 10.5. The Hall–Kier alpha value is -1.29. The molecule has 102 valence electrons. The van der Waals surface area contributed by atoms with Crippen LogP contribution in [-0.4, -0.2) is 5.11 Å². The second-order valence-electron chi connectivity index (χ2n) is 4.62. The van der Waals surface area contributed by atoms with E-state index in [1.807, 2.05) is 48.5 Å². The summed E-state index contributed by atoms with van der Waals surface area (Å²) in [5.41, 5.74) is 1.65. The number of rotatable bonds is 3. The number of aliphatic hydroxyl groups is 1. The molecule has 1 aromatic heterocycles. The highest BCUT2D eigenvalue weighted by molar-refractivity contribution is 9.10. The fraction of sp³-hybridized carbons (Fsp3) is 0.125. The second-order valence-corrected chi connectivity index (χ2v) is 5.88. The van der Waals surface area contributed by atoms with Crippen molar-refractivity contribution in [2.75, 3.05) is 0 Å². The van der Waals surface area contributed by atoms with E-state index in [2.05, 4.69) is 15.9 Å². The molecule has 0 aliphatic carbocycles. The van der Waals surface area contributed by atoms with Crippen LogP contribution in [0.4, 0.5) is 0 Å². The molecule has 0 saturated heterocycles. The van der Waals surface area contributed by atoms with Crippen LogP contribution in [0.25, 0.3) is 11.0 Å². The lowest BCUT2D eigenvalue weighted by molar-refractivity contribution is 0.152. The molecule has 2 nitrogen and oxygen atoms in total. The van der Waals surface area contributed by atoms with Gasteiger partial charge in [-0.2, -0.15) is 0 Å². The summed E-state index contributed by atoms with van der Waals surface area (Å²) in [6.07, 6.45) is -0.286. The van der Waals surface area contributed by atoms with Crippen molar-refractivity contribution in [2.24, 2.45) is 0 Å². The third kappa shape index (κ3) is 2.62. The van der Waals surface area contributed by atoms with Crippen LogP contribution >= 0.6 is 27.5 Å². The Morgan fingerprint density at radius 1 is 1.15 bits per heavy atom. The minimum Gasteiger partial charge on any atom is -0.457 e. The lowest BCUT2D eigenvalue weighted by atomic mass is 10.1. The predicted octanol–water partition coefficient (Wildman–Crippen LogP) is 5.12. The van der Waals surface area contributed by atoms with Crippen molar-refractivity contribution >= 4 is 38.5 Å². The van der Waals surface area contributed by atoms with Gasteiger partial charge in [0.05, 0.1) is 4.47 Å². The second kappa shape index (κ2) is 5.60. The maximum atomic E-state index is 10.3. The number of para-hydroxylation sites is 1. The number of halogens is 2. The zero-order chi connectivity index (χ0) is 14.1. The first kappa shape index (κ1) is 13.7. The molecule has 1 N–H and O–H groups in total.